The number of nitrogens with zero attached hydrogens (tertiary/aromatic N) is 3. The van der Waals surface area contributed by atoms with Gasteiger partial charge in [-0.05, 0) is 101 Å². The van der Waals surface area contributed by atoms with Gasteiger partial charge in [-0.2, -0.15) is 0 Å². The number of fused-ring (bicyclic) bond motifs is 11. The largest absolute Gasteiger partial charge is 0.507 e. The zero-order valence-corrected chi connectivity index (χ0v) is 41.8. The predicted molar refractivity (Wildman–Crippen MR) is 287 cm³/mol. The molecule has 10 aromatic carbocycles. The first-order valence-corrected chi connectivity index (χ1v) is 23.5. The SMILES string of the molecule is CC(C)(C)c1cc(-c2nc3c(-c4[c-]c5cc(c4)c4cccc6ccc(cc64)c4cccc(c4)c4cccc6cnc5cc64)cccc3n2-c2ccccc2-c2ccccc2)c(O)c(C(C)(C)C)c1.[Pt]. The molecule has 0 amide bonds. The van der Waals surface area contributed by atoms with E-state index in [0.29, 0.717) is 11.4 Å². The van der Waals surface area contributed by atoms with Gasteiger partial charge in [0.15, 0.2) is 0 Å². The minimum atomic E-state index is -0.336. The summed E-state index contributed by atoms with van der Waals surface area (Å²) in [4.78, 5) is 10.8. The number of hydrogen-bond acceptors (Lipinski definition) is 3. The van der Waals surface area contributed by atoms with Crippen LogP contribution < -0.4 is 0 Å². The van der Waals surface area contributed by atoms with Gasteiger partial charge in [0.1, 0.15) is 11.6 Å². The summed E-state index contributed by atoms with van der Waals surface area (Å²) in [6, 6.07) is 69.2. The Morgan fingerprint density at radius 1 is 0.493 bits per heavy atom. The standard InChI is InChI=1S/C64H50N3O.Pt/c1-63(2,3)48-35-55(61(68)56(36-48)64(4,5)6)62-66-60-52(25-15-27-59(60)67(62)58-26-11-10-22-51(58)39-16-8-7-9-17-39)46-31-45-32-47(33-46)57-37-54-44(38-65-57)21-14-23-49(54)43-20-12-19-41(30-43)42-29-28-40-18-13-24-50(45)53(40)34-42;/h7-32,34-38,68H,1-6H3;/q-1;. The molecule has 0 saturated heterocycles. The number of benzene rings is 9. The molecule has 0 atom stereocenters. The molecule has 5 heteroatoms. The van der Waals surface area contributed by atoms with Crippen LogP contribution in [-0.2, 0) is 31.9 Å². The Morgan fingerprint density at radius 2 is 1.14 bits per heavy atom. The zero-order valence-electron chi connectivity index (χ0n) is 39.5. The van der Waals surface area contributed by atoms with Crippen molar-refractivity contribution in [1.29, 1.82) is 0 Å². The minimum absolute atomic E-state index is 0. The van der Waals surface area contributed by atoms with Gasteiger partial charge < -0.3 is 5.11 Å². The quantitative estimate of drug-likeness (QED) is 0.179. The molecular formula is C64H50N3OPt-. The van der Waals surface area contributed by atoms with Crippen molar-refractivity contribution in [3.63, 3.8) is 0 Å². The summed E-state index contributed by atoms with van der Waals surface area (Å²) in [5.74, 6) is 0.914. The number of aromatic nitrogens is 3. The van der Waals surface area contributed by atoms with Crippen LogP contribution in [0.3, 0.4) is 0 Å². The van der Waals surface area contributed by atoms with E-state index in [1.54, 1.807) is 0 Å². The summed E-state index contributed by atoms with van der Waals surface area (Å²) in [6.45, 7) is 13.2. The molecule has 0 aliphatic heterocycles. The van der Waals surface area contributed by atoms with Gasteiger partial charge in [0.05, 0.1) is 22.3 Å². The Morgan fingerprint density at radius 3 is 1.94 bits per heavy atom. The monoisotopic (exact) mass is 1070 g/mol. The summed E-state index contributed by atoms with van der Waals surface area (Å²) < 4.78 is 2.26. The number of phenols is 1. The Hall–Kier alpha value is -7.39. The summed E-state index contributed by atoms with van der Waals surface area (Å²) in [5, 5.41) is 24.9. The Kier molecular flexibility index (Phi) is 10.7. The third-order valence-corrected chi connectivity index (χ3v) is 13.8. The summed E-state index contributed by atoms with van der Waals surface area (Å²) in [7, 11) is 0. The van der Waals surface area contributed by atoms with Crippen LogP contribution in [-0.4, -0.2) is 19.6 Å². The van der Waals surface area contributed by atoms with E-state index in [0.717, 1.165) is 93.3 Å². The van der Waals surface area contributed by atoms with Crippen molar-refractivity contribution in [3.8, 4) is 45.1 Å². The van der Waals surface area contributed by atoms with E-state index in [9.17, 15) is 5.11 Å². The van der Waals surface area contributed by atoms with Gasteiger partial charge in [-0.15, -0.1) is 23.8 Å². The van der Waals surface area contributed by atoms with Crippen molar-refractivity contribution in [2.24, 2.45) is 0 Å². The maximum atomic E-state index is 12.6. The van der Waals surface area contributed by atoms with E-state index < -0.39 is 0 Å². The van der Waals surface area contributed by atoms with Gasteiger partial charge in [-0.25, -0.2) is 4.98 Å². The first kappa shape index (κ1) is 44.1. The topological polar surface area (TPSA) is 50.9 Å². The van der Waals surface area contributed by atoms with Crippen LogP contribution in [0.25, 0.3) is 115 Å². The van der Waals surface area contributed by atoms with Crippen LogP contribution in [0.2, 0.25) is 0 Å². The van der Waals surface area contributed by atoms with Crippen LogP contribution in [0.5, 0.6) is 5.75 Å². The van der Waals surface area contributed by atoms with Gasteiger partial charge in [0.2, 0.25) is 0 Å². The number of phenolic OH excluding ortho intramolecular Hbond substituents is 1. The molecule has 0 saturated carbocycles. The van der Waals surface area contributed by atoms with Crippen LogP contribution in [0.4, 0.5) is 0 Å². The van der Waals surface area contributed by atoms with E-state index in [1.807, 2.05) is 6.20 Å². The van der Waals surface area contributed by atoms with Crippen LogP contribution >= 0.6 is 0 Å². The number of rotatable bonds is 4. The minimum Gasteiger partial charge on any atom is -0.507 e. The van der Waals surface area contributed by atoms with Crippen LogP contribution in [0.15, 0.2) is 188 Å². The van der Waals surface area contributed by atoms with Gasteiger partial charge in [0, 0.05) is 43.9 Å². The number of hydrogen-bond donors (Lipinski definition) is 1. The molecule has 12 rings (SSSR count). The summed E-state index contributed by atoms with van der Waals surface area (Å²) in [5.41, 5.74) is 9.72. The van der Waals surface area contributed by atoms with Crippen molar-refractivity contribution < 1.29 is 26.2 Å². The molecule has 8 bridgehead atoms. The smallest absolute Gasteiger partial charge is 0.148 e. The molecule has 0 aliphatic rings. The average Bonchev–Trinajstić information content (AvgIpc) is 3.74. The van der Waals surface area contributed by atoms with Crippen molar-refractivity contribution in [2.45, 2.75) is 52.4 Å². The Balaban J connectivity index is 0.00000520. The van der Waals surface area contributed by atoms with Crippen molar-refractivity contribution in [1.82, 2.24) is 14.5 Å². The third kappa shape index (κ3) is 7.59. The summed E-state index contributed by atoms with van der Waals surface area (Å²) >= 11 is 0. The molecule has 2 aromatic heterocycles. The molecule has 12 aromatic rings. The molecule has 0 spiro atoms. The maximum absolute atomic E-state index is 12.6. The predicted octanol–water partition coefficient (Wildman–Crippen LogP) is 17.0. The normalized spacial score (nSPS) is 12.1. The fourth-order valence-corrected chi connectivity index (χ4v) is 10.2. The van der Waals surface area contributed by atoms with E-state index in [-0.39, 0.29) is 37.6 Å². The van der Waals surface area contributed by atoms with E-state index in [4.69, 9.17) is 9.97 Å². The molecule has 0 aliphatic carbocycles. The second-order valence-electron chi connectivity index (χ2n) is 20.4. The number of imidazole rings is 1. The number of para-hydroxylation sites is 2. The average molecular weight is 1070 g/mol. The molecule has 69 heavy (non-hydrogen) atoms. The van der Waals surface area contributed by atoms with Crippen LogP contribution in [0.1, 0.15) is 52.7 Å². The molecule has 1 N–H and O–H groups in total. The van der Waals surface area contributed by atoms with E-state index in [2.05, 4.69) is 234 Å². The summed E-state index contributed by atoms with van der Waals surface area (Å²) in [6.07, 6.45) is 2.00. The van der Waals surface area contributed by atoms with Crippen LogP contribution in [0, 0.1) is 6.07 Å². The van der Waals surface area contributed by atoms with Crippen molar-refractivity contribution in [2.75, 3.05) is 0 Å². The third-order valence-electron chi connectivity index (χ3n) is 13.8. The second kappa shape index (κ2) is 16.7. The molecule has 0 unspecified atom stereocenters. The Bertz CT molecular complexity index is 4060. The van der Waals surface area contributed by atoms with Gasteiger partial charge >= 0.3 is 0 Å². The van der Waals surface area contributed by atoms with E-state index >= 15 is 0 Å². The molecule has 338 valence electrons. The molecule has 2 heterocycles. The van der Waals surface area contributed by atoms with Crippen molar-refractivity contribution in [3.05, 3.63) is 205 Å². The van der Waals surface area contributed by atoms with Crippen molar-refractivity contribution >= 4 is 75.8 Å². The maximum Gasteiger partial charge on any atom is 0.148 e. The number of aromatic hydroxyl groups is 1. The first-order valence-electron chi connectivity index (χ1n) is 23.5. The fourth-order valence-electron chi connectivity index (χ4n) is 10.2. The molecule has 0 radical (unpaired) electrons. The fraction of sp³-hybridized carbons (Fsp3) is 0.125. The first-order chi connectivity index (χ1) is 32.9. The molecule has 4 nitrogen and oxygen atoms in total. The molecular weight excluding hydrogens is 1020 g/mol. The second-order valence-corrected chi connectivity index (χ2v) is 20.4. The zero-order chi connectivity index (χ0) is 46.5. The van der Waals surface area contributed by atoms with E-state index in [1.165, 1.54) is 21.5 Å². The number of pyridine rings is 1. The Labute approximate surface area is 416 Å². The molecule has 0 fully saturated rings. The van der Waals surface area contributed by atoms with Gasteiger partial charge in [-0.1, -0.05) is 197 Å². The van der Waals surface area contributed by atoms with Gasteiger partial charge in [-0.3, -0.25) is 9.55 Å². The van der Waals surface area contributed by atoms with Gasteiger partial charge in [0.25, 0.3) is 0 Å².